The summed E-state index contributed by atoms with van der Waals surface area (Å²) in [6.07, 6.45) is 0.230. The average Bonchev–Trinajstić information content (AvgIpc) is 2.74. The van der Waals surface area contributed by atoms with Gasteiger partial charge < -0.3 is 19.9 Å². The van der Waals surface area contributed by atoms with Crippen molar-refractivity contribution >= 4 is 11.9 Å². The van der Waals surface area contributed by atoms with Crippen molar-refractivity contribution in [1.29, 1.82) is 0 Å². The van der Waals surface area contributed by atoms with Gasteiger partial charge in [-0.3, -0.25) is 9.59 Å². The normalized spacial score (nSPS) is 26.9. The van der Waals surface area contributed by atoms with Crippen LogP contribution in [0.3, 0.4) is 0 Å². The molecule has 1 aliphatic heterocycles. The van der Waals surface area contributed by atoms with Gasteiger partial charge in [0, 0.05) is 6.54 Å². The Labute approximate surface area is 107 Å². The lowest BCUT2D eigenvalue weighted by atomic mass is 9.85. The van der Waals surface area contributed by atoms with Gasteiger partial charge in [-0.25, -0.2) is 0 Å². The molecular formula is C12H21NO5. The van der Waals surface area contributed by atoms with Gasteiger partial charge in [0.05, 0.1) is 32.3 Å². The van der Waals surface area contributed by atoms with Crippen LogP contribution in [-0.2, 0) is 23.8 Å². The lowest BCUT2D eigenvalue weighted by molar-refractivity contribution is -0.154. The van der Waals surface area contributed by atoms with E-state index in [0.29, 0.717) is 19.6 Å². The van der Waals surface area contributed by atoms with E-state index in [1.165, 1.54) is 0 Å². The van der Waals surface area contributed by atoms with Gasteiger partial charge in [0.1, 0.15) is 5.41 Å². The third-order valence-corrected chi connectivity index (χ3v) is 3.01. The monoisotopic (exact) mass is 259 g/mol. The summed E-state index contributed by atoms with van der Waals surface area (Å²) in [5.41, 5.74) is 4.84. The second kappa shape index (κ2) is 6.70. The highest BCUT2D eigenvalue weighted by molar-refractivity contribution is 5.78. The average molecular weight is 259 g/mol. The second-order valence-electron chi connectivity index (χ2n) is 4.35. The number of hydrogen-bond donors (Lipinski definition) is 1. The standard InChI is InChI=1S/C12H21NO5/c1-3-16-10(14)5-9-6-12(7-13,8-18-9)11(15)17-4-2/h9H,3-8,13H2,1-2H3/t9-,12-/m1/s1. The molecule has 6 heteroatoms. The molecule has 0 aromatic carbocycles. The third kappa shape index (κ3) is 3.43. The molecule has 1 rings (SSSR count). The zero-order chi connectivity index (χ0) is 13.6. The van der Waals surface area contributed by atoms with Crippen LogP contribution in [0.2, 0.25) is 0 Å². The van der Waals surface area contributed by atoms with Crippen LogP contribution >= 0.6 is 0 Å². The first-order valence-electron chi connectivity index (χ1n) is 6.22. The Morgan fingerprint density at radius 3 is 2.56 bits per heavy atom. The highest BCUT2D eigenvalue weighted by atomic mass is 16.5. The van der Waals surface area contributed by atoms with Gasteiger partial charge >= 0.3 is 11.9 Å². The lowest BCUT2D eigenvalue weighted by Crippen LogP contribution is -2.40. The number of rotatable bonds is 6. The van der Waals surface area contributed by atoms with Crippen molar-refractivity contribution in [1.82, 2.24) is 0 Å². The minimum absolute atomic E-state index is 0.148. The van der Waals surface area contributed by atoms with E-state index < -0.39 is 5.41 Å². The van der Waals surface area contributed by atoms with Crippen molar-refractivity contribution in [2.75, 3.05) is 26.4 Å². The van der Waals surface area contributed by atoms with Crippen molar-refractivity contribution in [3.8, 4) is 0 Å². The van der Waals surface area contributed by atoms with Crippen molar-refractivity contribution in [3.63, 3.8) is 0 Å². The maximum absolute atomic E-state index is 11.9. The van der Waals surface area contributed by atoms with Crippen molar-refractivity contribution < 1.29 is 23.8 Å². The largest absolute Gasteiger partial charge is 0.466 e. The quantitative estimate of drug-likeness (QED) is 0.687. The predicted octanol–water partition coefficient (Wildman–Crippen LogP) is 0.237. The highest BCUT2D eigenvalue weighted by Crippen LogP contribution is 2.34. The van der Waals surface area contributed by atoms with Crippen LogP contribution in [0, 0.1) is 5.41 Å². The number of carbonyl (C=O) groups is 2. The van der Waals surface area contributed by atoms with Crippen LogP contribution in [-0.4, -0.2) is 44.4 Å². The number of nitrogens with two attached hydrogens (primary N) is 1. The first kappa shape index (κ1) is 14.9. The Hall–Kier alpha value is -1.14. The van der Waals surface area contributed by atoms with Crippen molar-refractivity contribution in [2.45, 2.75) is 32.8 Å². The second-order valence-corrected chi connectivity index (χ2v) is 4.35. The third-order valence-electron chi connectivity index (χ3n) is 3.01. The van der Waals surface area contributed by atoms with E-state index in [4.69, 9.17) is 19.9 Å². The Morgan fingerprint density at radius 2 is 2.00 bits per heavy atom. The van der Waals surface area contributed by atoms with Gasteiger partial charge in [0.25, 0.3) is 0 Å². The van der Waals surface area contributed by atoms with Gasteiger partial charge in [-0.15, -0.1) is 0 Å². The summed E-state index contributed by atoms with van der Waals surface area (Å²) < 4.78 is 15.3. The van der Waals surface area contributed by atoms with Crippen molar-refractivity contribution in [2.24, 2.45) is 11.1 Å². The molecule has 0 spiro atoms. The Kier molecular flexibility index (Phi) is 5.55. The molecule has 18 heavy (non-hydrogen) atoms. The van der Waals surface area contributed by atoms with E-state index >= 15 is 0 Å². The summed E-state index contributed by atoms with van der Waals surface area (Å²) in [6, 6.07) is 0. The molecule has 2 atom stereocenters. The molecule has 2 N–H and O–H groups in total. The van der Waals surface area contributed by atoms with Crippen LogP contribution in [0.25, 0.3) is 0 Å². The van der Waals surface area contributed by atoms with E-state index in [-0.39, 0.29) is 37.6 Å². The molecule has 0 saturated carbocycles. The van der Waals surface area contributed by atoms with Gasteiger partial charge in [0.2, 0.25) is 0 Å². The number of carbonyl (C=O) groups excluding carboxylic acids is 2. The number of hydrogen-bond acceptors (Lipinski definition) is 6. The SMILES string of the molecule is CCOC(=O)C[C@@H]1C[C@](CN)(C(=O)OCC)CO1. The molecule has 1 fully saturated rings. The van der Waals surface area contributed by atoms with Crippen molar-refractivity contribution in [3.05, 3.63) is 0 Å². The molecule has 6 nitrogen and oxygen atoms in total. The minimum Gasteiger partial charge on any atom is -0.466 e. The summed E-state index contributed by atoms with van der Waals surface area (Å²) in [4.78, 5) is 23.2. The summed E-state index contributed by atoms with van der Waals surface area (Å²) in [5.74, 6) is -0.668. The van der Waals surface area contributed by atoms with Gasteiger partial charge in [-0.2, -0.15) is 0 Å². The molecule has 0 unspecified atom stereocenters. The predicted molar refractivity (Wildman–Crippen MR) is 63.7 cm³/mol. The molecule has 1 heterocycles. The fourth-order valence-electron chi connectivity index (χ4n) is 2.02. The van der Waals surface area contributed by atoms with Crippen LogP contribution in [0.15, 0.2) is 0 Å². The fourth-order valence-corrected chi connectivity index (χ4v) is 2.02. The Balaban J connectivity index is 2.56. The van der Waals surface area contributed by atoms with Gasteiger partial charge in [0.15, 0.2) is 0 Å². The van der Waals surface area contributed by atoms with E-state index in [9.17, 15) is 9.59 Å². The first-order chi connectivity index (χ1) is 8.57. The molecule has 0 aliphatic carbocycles. The Bertz CT molecular complexity index is 307. The maximum atomic E-state index is 11.9. The lowest BCUT2D eigenvalue weighted by Gasteiger charge is -2.22. The van der Waals surface area contributed by atoms with Crippen LogP contribution in [0.5, 0.6) is 0 Å². The fraction of sp³-hybridized carbons (Fsp3) is 0.833. The summed E-state index contributed by atoms with van der Waals surface area (Å²) in [5, 5.41) is 0. The minimum atomic E-state index is -0.812. The molecule has 104 valence electrons. The summed E-state index contributed by atoms with van der Waals surface area (Å²) >= 11 is 0. The number of esters is 2. The molecule has 0 radical (unpaired) electrons. The van der Waals surface area contributed by atoms with Crippen LogP contribution in [0.1, 0.15) is 26.7 Å². The summed E-state index contributed by atoms with van der Waals surface area (Å²) in [6.45, 7) is 4.50. The smallest absolute Gasteiger partial charge is 0.315 e. The highest BCUT2D eigenvalue weighted by Gasteiger charge is 2.47. The van der Waals surface area contributed by atoms with Crippen LogP contribution in [0.4, 0.5) is 0 Å². The molecule has 1 aliphatic rings. The van der Waals surface area contributed by atoms with E-state index in [1.54, 1.807) is 13.8 Å². The first-order valence-corrected chi connectivity index (χ1v) is 6.22. The zero-order valence-corrected chi connectivity index (χ0v) is 10.9. The number of ether oxygens (including phenoxy) is 3. The summed E-state index contributed by atoms with van der Waals surface area (Å²) in [7, 11) is 0. The topological polar surface area (TPSA) is 87.9 Å². The van der Waals surface area contributed by atoms with E-state index in [1.807, 2.05) is 0 Å². The molecule has 0 amide bonds. The van der Waals surface area contributed by atoms with E-state index in [2.05, 4.69) is 0 Å². The zero-order valence-electron chi connectivity index (χ0n) is 10.9. The maximum Gasteiger partial charge on any atom is 0.315 e. The van der Waals surface area contributed by atoms with E-state index in [0.717, 1.165) is 0 Å². The molecule has 0 aromatic heterocycles. The molecule has 0 bridgehead atoms. The van der Waals surface area contributed by atoms with Gasteiger partial charge in [-0.05, 0) is 20.3 Å². The molecule has 0 aromatic rings. The van der Waals surface area contributed by atoms with Crippen LogP contribution < -0.4 is 5.73 Å². The Morgan fingerprint density at radius 1 is 1.33 bits per heavy atom. The molecular weight excluding hydrogens is 238 g/mol. The van der Waals surface area contributed by atoms with Gasteiger partial charge in [-0.1, -0.05) is 0 Å². The molecule has 1 saturated heterocycles.